The molecule has 0 fully saturated rings. The monoisotopic (exact) mass is 720 g/mol. The fourth-order valence-electron chi connectivity index (χ4n) is 8.67. The van der Waals surface area contributed by atoms with Gasteiger partial charge in [-0.25, -0.2) is 9.97 Å². The second kappa shape index (κ2) is 13.4. The number of hydrogen-bond donors (Lipinski definition) is 0. The number of aromatic nitrogens is 4. The molecule has 0 aliphatic carbocycles. The lowest BCUT2D eigenvalue weighted by molar-refractivity contribution is 0.629. The summed E-state index contributed by atoms with van der Waals surface area (Å²) in [5, 5.41) is 4.73. The number of hydrogen-bond acceptors (Lipinski definition) is 3. The van der Waals surface area contributed by atoms with E-state index < -0.39 is 0 Å². The Bertz CT molecular complexity index is 2750. The molecule has 0 unspecified atom stereocenters. The van der Waals surface area contributed by atoms with E-state index in [4.69, 9.17) is 14.4 Å². The predicted molar refractivity (Wildman–Crippen MR) is 232 cm³/mol. The van der Waals surface area contributed by atoms with Gasteiger partial charge in [0.25, 0.3) is 0 Å². The largest absolute Gasteiger partial charge is 0.421 e. The summed E-state index contributed by atoms with van der Waals surface area (Å²) in [6, 6.07) is 43.9. The highest BCUT2D eigenvalue weighted by atomic mass is 16.3. The molecule has 0 aliphatic heterocycles. The molecule has 5 heteroatoms. The molecular weight excluding hydrogens is 673 g/mol. The second-order valence-corrected chi connectivity index (χ2v) is 16.2. The Morgan fingerprint density at radius 1 is 0.382 bits per heavy atom. The molecule has 0 N–H and O–H groups in total. The van der Waals surface area contributed by atoms with Crippen molar-refractivity contribution in [2.24, 2.45) is 0 Å². The lowest BCUT2D eigenvalue weighted by Crippen LogP contribution is -2.07. The van der Waals surface area contributed by atoms with E-state index in [9.17, 15) is 0 Å². The molecule has 5 heterocycles. The third-order valence-corrected chi connectivity index (χ3v) is 11.3. The van der Waals surface area contributed by atoms with Crippen LogP contribution in [0.15, 0.2) is 126 Å². The molecule has 0 saturated carbocycles. The fourth-order valence-corrected chi connectivity index (χ4v) is 8.67. The van der Waals surface area contributed by atoms with Gasteiger partial charge in [0.15, 0.2) is 0 Å². The summed E-state index contributed by atoms with van der Waals surface area (Å²) in [4.78, 5) is 10.4. The van der Waals surface area contributed by atoms with Crippen LogP contribution in [0.25, 0.3) is 77.4 Å². The van der Waals surface area contributed by atoms with Gasteiger partial charge in [-0.3, -0.25) is 0 Å². The van der Waals surface area contributed by atoms with Crippen LogP contribution in [0.3, 0.4) is 0 Å². The molecule has 0 spiro atoms. The molecule has 0 atom stereocenters. The number of para-hydroxylation sites is 2. The van der Waals surface area contributed by atoms with Crippen molar-refractivity contribution in [3.8, 4) is 11.4 Å². The van der Waals surface area contributed by atoms with Crippen molar-refractivity contribution < 1.29 is 4.42 Å². The Hall–Kier alpha value is -5.94. The molecule has 0 aliphatic rings. The van der Waals surface area contributed by atoms with Crippen LogP contribution in [0.4, 0.5) is 0 Å². The molecule has 0 saturated heterocycles. The highest BCUT2D eigenvalue weighted by molar-refractivity contribution is 6.18. The van der Waals surface area contributed by atoms with Gasteiger partial charge in [-0.15, -0.1) is 0 Å². The molecular formula is C50H48N4O. The van der Waals surface area contributed by atoms with Gasteiger partial charge in [-0.05, 0) is 93.1 Å². The fraction of sp³-hybridized carbons (Fsp3) is 0.240. The maximum absolute atomic E-state index is 6.56. The van der Waals surface area contributed by atoms with Crippen LogP contribution in [-0.4, -0.2) is 19.1 Å². The van der Waals surface area contributed by atoms with Crippen LogP contribution in [-0.2, 0) is 0 Å². The van der Waals surface area contributed by atoms with Crippen LogP contribution in [0.5, 0.6) is 0 Å². The molecule has 5 nitrogen and oxygen atoms in total. The standard InChI is InChI=1S/C50H48N4O/c1-29(2)33-15-9-16-34(30(3)4)49(33)53-43-23-11-19-37-38-20-12-24-44-40(38)28-46(54(44)50-35(31(5)6)17-10-18-36(50)32(7)8)42-22-14-26-48(52-42)55-47-25-13-21-41(51-47)45(53)27-39(37)43/h9-32H,1-8H3. The molecule has 9 aromatic rings. The first-order valence-electron chi connectivity index (χ1n) is 19.8. The van der Waals surface area contributed by atoms with Gasteiger partial charge in [0.2, 0.25) is 11.4 Å². The molecule has 274 valence electrons. The summed E-state index contributed by atoms with van der Waals surface area (Å²) in [5.74, 6) is 1.27. The van der Waals surface area contributed by atoms with Crippen molar-refractivity contribution in [2.75, 3.05) is 0 Å². The normalized spacial score (nSPS) is 12.3. The van der Waals surface area contributed by atoms with Crippen molar-refractivity contribution in [1.82, 2.24) is 19.1 Å². The Balaban J connectivity index is 1.56. The SMILES string of the molecule is CC(C)c1cccc(C(C)C)c1-n1c2cc3c(cccc31)c1cccc3c1cc(c1cccc(n1)oc1cccc2n1)n3-c1c(C(C)C)cccc1C(C)C. The average molecular weight is 721 g/mol. The molecule has 5 aromatic heterocycles. The number of rotatable bonds is 6. The summed E-state index contributed by atoms with van der Waals surface area (Å²) in [6.45, 7) is 18.3. The van der Waals surface area contributed by atoms with E-state index in [1.54, 1.807) is 0 Å². The Morgan fingerprint density at radius 2 is 0.727 bits per heavy atom. The molecule has 0 radical (unpaired) electrons. The summed E-state index contributed by atoms with van der Waals surface area (Å²) in [6.07, 6.45) is 0. The van der Waals surface area contributed by atoms with Gasteiger partial charge in [0.05, 0.1) is 44.5 Å². The van der Waals surface area contributed by atoms with E-state index in [0.717, 1.165) is 33.1 Å². The van der Waals surface area contributed by atoms with E-state index in [0.29, 0.717) is 35.1 Å². The summed E-state index contributed by atoms with van der Waals surface area (Å²) in [5.41, 5.74) is 14.8. The number of nitrogens with zero attached hydrogens (tertiary/aromatic N) is 4. The molecule has 9 rings (SSSR count). The molecule has 0 amide bonds. The van der Waals surface area contributed by atoms with Crippen molar-refractivity contribution in [1.29, 1.82) is 0 Å². The maximum Gasteiger partial charge on any atom is 0.221 e. The van der Waals surface area contributed by atoms with Gasteiger partial charge in [0, 0.05) is 22.9 Å². The quantitative estimate of drug-likeness (QED) is 0.172. The molecule has 4 aromatic carbocycles. The zero-order valence-electron chi connectivity index (χ0n) is 33.1. The van der Waals surface area contributed by atoms with Gasteiger partial charge in [-0.2, -0.15) is 0 Å². The number of fused-ring (bicyclic) bond motifs is 9. The Labute approximate surface area is 322 Å². The van der Waals surface area contributed by atoms with E-state index in [2.05, 4.69) is 162 Å². The highest BCUT2D eigenvalue weighted by Crippen LogP contribution is 2.41. The Kier molecular flexibility index (Phi) is 8.49. The number of benzene rings is 4. The zero-order valence-corrected chi connectivity index (χ0v) is 33.1. The minimum absolute atomic E-state index is 0.317. The highest BCUT2D eigenvalue weighted by Gasteiger charge is 2.23. The summed E-state index contributed by atoms with van der Waals surface area (Å²) in [7, 11) is 0. The van der Waals surface area contributed by atoms with Crippen LogP contribution in [0.1, 0.15) is 101 Å². The van der Waals surface area contributed by atoms with Crippen LogP contribution in [0, 0.1) is 0 Å². The first kappa shape index (κ1) is 34.8. The minimum Gasteiger partial charge on any atom is -0.421 e. The third kappa shape index (κ3) is 5.67. The predicted octanol–water partition coefficient (Wildman–Crippen LogP) is 14.2. The van der Waals surface area contributed by atoms with E-state index in [1.807, 2.05) is 24.3 Å². The van der Waals surface area contributed by atoms with Crippen molar-refractivity contribution in [3.63, 3.8) is 0 Å². The van der Waals surface area contributed by atoms with Gasteiger partial charge >= 0.3 is 0 Å². The first-order valence-corrected chi connectivity index (χ1v) is 19.8. The second-order valence-electron chi connectivity index (χ2n) is 16.2. The van der Waals surface area contributed by atoms with Gasteiger partial charge in [0.1, 0.15) is 0 Å². The zero-order chi connectivity index (χ0) is 38.1. The summed E-state index contributed by atoms with van der Waals surface area (Å²) < 4.78 is 11.5. The van der Waals surface area contributed by atoms with Crippen LogP contribution < -0.4 is 0 Å². The minimum atomic E-state index is 0.317. The van der Waals surface area contributed by atoms with Crippen LogP contribution in [0.2, 0.25) is 0 Å². The van der Waals surface area contributed by atoms with E-state index >= 15 is 0 Å². The Morgan fingerprint density at radius 3 is 1.09 bits per heavy atom. The lowest BCUT2D eigenvalue weighted by Gasteiger charge is -2.22. The van der Waals surface area contributed by atoms with Crippen molar-refractivity contribution >= 4 is 66.1 Å². The lowest BCUT2D eigenvalue weighted by atomic mass is 9.92. The van der Waals surface area contributed by atoms with E-state index in [-0.39, 0.29) is 0 Å². The topological polar surface area (TPSA) is 48.8 Å². The van der Waals surface area contributed by atoms with Gasteiger partial charge in [-0.1, -0.05) is 128 Å². The first-order chi connectivity index (χ1) is 26.6. The van der Waals surface area contributed by atoms with Gasteiger partial charge < -0.3 is 13.6 Å². The van der Waals surface area contributed by atoms with Crippen molar-refractivity contribution in [3.05, 3.63) is 144 Å². The number of pyridine rings is 2. The molecule has 55 heavy (non-hydrogen) atoms. The third-order valence-electron chi connectivity index (χ3n) is 11.3. The summed E-state index contributed by atoms with van der Waals surface area (Å²) >= 11 is 0. The van der Waals surface area contributed by atoms with Crippen molar-refractivity contribution in [2.45, 2.75) is 79.1 Å². The van der Waals surface area contributed by atoms with Crippen LogP contribution >= 0.6 is 0 Å². The molecule has 8 bridgehead atoms. The van der Waals surface area contributed by atoms with E-state index in [1.165, 1.54) is 55.2 Å². The smallest absolute Gasteiger partial charge is 0.221 e. The average Bonchev–Trinajstić information content (AvgIpc) is 3.76. The maximum atomic E-state index is 6.56.